The van der Waals surface area contributed by atoms with Crippen LogP contribution < -0.4 is 0 Å². The van der Waals surface area contributed by atoms with Gasteiger partial charge in [-0.15, -0.1) is 0 Å². The van der Waals surface area contributed by atoms with Gasteiger partial charge in [0.1, 0.15) is 5.82 Å². The van der Waals surface area contributed by atoms with Crippen LogP contribution in [0.15, 0.2) is 24.3 Å². The minimum absolute atomic E-state index is 0.241. The number of carbonyl (C=O) groups is 1. The molecule has 2 aliphatic rings. The number of imidazole rings is 1. The number of aromatic amines is 1. The number of morpholine rings is 1. The van der Waals surface area contributed by atoms with Crippen LogP contribution in [0.1, 0.15) is 37.9 Å². The van der Waals surface area contributed by atoms with Crippen LogP contribution >= 0.6 is 0 Å². The maximum atomic E-state index is 12.7. The Labute approximate surface area is 136 Å². The van der Waals surface area contributed by atoms with Crippen LogP contribution in [-0.4, -0.2) is 46.1 Å². The molecule has 2 fully saturated rings. The van der Waals surface area contributed by atoms with Gasteiger partial charge < -0.3 is 14.6 Å². The molecule has 1 amide bonds. The number of hydrogen-bond donors (Lipinski definition) is 1. The molecular weight excluding hydrogens is 290 g/mol. The Kier molecular flexibility index (Phi) is 4.04. The fraction of sp³-hybridized carbons (Fsp3) is 0.556. The van der Waals surface area contributed by atoms with E-state index in [-0.39, 0.29) is 12.0 Å². The molecule has 1 saturated carbocycles. The van der Waals surface area contributed by atoms with Crippen LogP contribution in [0.5, 0.6) is 0 Å². The van der Waals surface area contributed by atoms with Crippen LogP contribution in [0.4, 0.5) is 0 Å². The minimum Gasteiger partial charge on any atom is -0.374 e. The van der Waals surface area contributed by atoms with Crippen molar-refractivity contribution in [1.29, 1.82) is 0 Å². The standard InChI is InChI=1S/C18H23N3O2/c22-18(21-11-12-23-16-8-4-3-7-15(16)21)10-9-17-19-13-5-1-2-6-14(13)20-17/h1-2,5-6,15-16H,3-4,7-12H2,(H,19,20)/t15-,16-/m1/s1. The lowest BCUT2D eigenvalue weighted by molar-refractivity contribution is -0.149. The number of aromatic nitrogens is 2. The summed E-state index contributed by atoms with van der Waals surface area (Å²) in [6, 6.07) is 8.27. The second-order valence-corrected chi connectivity index (χ2v) is 6.55. The van der Waals surface area contributed by atoms with Crippen molar-refractivity contribution in [1.82, 2.24) is 14.9 Å². The second-order valence-electron chi connectivity index (χ2n) is 6.55. The van der Waals surface area contributed by atoms with Gasteiger partial charge in [-0.25, -0.2) is 4.98 Å². The van der Waals surface area contributed by atoms with Crippen molar-refractivity contribution >= 4 is 16.9 Å². The van der Waals surface area contributed by atoms with Crippen LogP contribution in [0.25, 0.3) is 11.0 Å². The number of H-pyrrole nitrogens is 1. The summed E-state index contributed by atoms with van der Waals surface area (Å²) in [7, 11) is 0. The zero-order valence-electron chi connectivity index (χ0n) is 13.3. The van der Waals surface area contributed by atoms with Crippen LogP contribution in [-0.2, 0) is 16.0 Å². The molecule has 5 nitrogen and oxygen atoms in total. The third kappa shape index (κ3) is 2.98. The number of nitrogens with one attached hydrogen (secondary N) is 1. The van der Waals surface area contributed by atoms with E-state index in [1.165, 1.54) is 12.8 Å². The highest BCUT2D eigenvalue weighted by atomic mass is 16.5. The summed E-state index contributed by atoms with van der Waals surface area (Å²) in [6.07, 6.45) is 6.05. The van der Waals surface area contributed by atoms with E-state index in [4.69, 9.17) is 4.74 Å². The van der Waals surface area contributed by atoms with Gasteiger partial charge in [-0.2, -0.15) is 0 Å². The summed E-state index contributed by atoms with van der Waals surface area (Å²) in [4.78, 5) is 22.6. The van der Waals surface area contributed by atoms with Crippen LogP contribution in [0.2, 0.25) is 0 Å². The van der Waals surface area contributed by atoms with Crippen LogP contribution in [0, 0.1) is 0 Å². The van der Waals surface area contributed by atoms with Gasteiger partial charge in [-0.3, -0.25) is 4.79 Å². The molecule has 0 radical (unpaired) electrons. The lowest BCUT2D eigenvalue weighted by atomic mass is 9.90. The Morgan fingerprint density at radius 2 is 2.17 bits per heavy atom. The SMILES string of the molecule is O=C(CCc1nc2ccccc2[nH]1)N1CCO[C@@H]2CCCC[C@H]21. The van der Waals surface area contributed by atoms with Crippen molar-refractivity contribution in [3.05, 3.63) is 30.1 Å². The van der Waals surface area contributed by atoms with E-state index in [1.807, 2.05) is 24.3 Å². The average molecular weight is 313 g/mol. The monoisotopic (exact) mass is 313 g/mol. The number of para-hydroxylation sites is 2. The Hall–Kier alpha value is -1.88. The first kappa shape index (κ1) is 14.7. The number of aryl methyl sites for hydroxylation is 1. The first-order valence-corrected chi connectivity index (χ1v) is 8.66. The van der Waals surface area contributed by atoms with Gasteiger partial charge in [0.15, 0.2) is 0 Å². The van der Waals surface area contributed by atoms with E-state index < -0.39 is 0 Å². The van der Waals surface area contributed by atoms with E-state index in [2.05, 4.69) is 14.9 Å². The van der Waals surface area contributed by atoms with Crippen molar-refractivity contribution in [3.63, 3.8) is 0 Å². The van der Waals surface area contributed by atoms with Crippen LogP contribution in [0.3, 0.4) is 0 Å². The van der Waals surface area contributed by atoms with Gasteiger partial charge in [0.25, 0.3) is 0 Å². The molecule has 4 rings (SSSR count). The third-order valence-electron chi connectivity index (χ3n) is 5.07. The molecule has 1 N–H and O–H groups in total. The molecule has 0 bridgehead atoms. The zero-order valence-corrected chi connectivity index (χ0v) is 13.3. The zero-order chi connectivity index (χ0) is 15.6. The normalized spacial score (nSPS) is 24.6. The largest absolute Gasteiger partial charge is 0.374 e. The van der Waals surface area contributed by atoms with Crippen molar-refractivity contribution < 1.29 is 9.53 Å². The molecule has 23 heavy (non-hydrogen) atoms. The summed E-state index contributed by atoms with van der Waals surface area (Å²) in [5, 5.41) is 0. The Morgan fingerprint density at radius 3 is 3.09 bits per heavy atom. The number of ether oxygens (including phenoxy) is 1. The highest BCUT2D eigenvalue weighted by Crippen LogP contribution is 2.29. The molecule has 0 unspecified atom stereocenters. The number of nitrogens with zero attached hydrogens (tertiary/aromatic N) is 2. The lowest BCUT2D eigenvalue weighted by Crippen LogP contribution is -2.54. The molecule has 1 saturated heterocycles. The molecular formula is C18H23N3O2. The average Bonchev–Trinajstić information content (AvgIpc) is 3.02. The molecule has 1 aliphatic carbocycles. The number of amides is 1. The summed E-state index contributed by atoms with van der Waals surface area (Å²) < 4.78 is 5.85. The highest BCUT2D eigenvalue weighted by molar-refractivity contribution is 5.78. The second kappa shape index (κ2) is 6.32. The van der Waals surface area contributed by atoms with Crippen molar-refractivity contribution in [2.24, 2.45) is 0 Å². The van der Waals surface area contributed by atoms with E-state index in [0.717, 1.165) is 36.2 Å². The van der Waals surface area contributed by atoms with Crippen molar-refractivity contribution in [2.45, 2.75) is 50.7 Å². The van der Waals surface area contributed by atoms with Gasteiger partial charge in [0.05, 0.1) is 29.8 Å². The topological polar surface area (TPSA) is 58.2 Å². The molecule has 2 atom stereocenters. The Morgan fingerprint density at radius 1 is 1.30 bits per heavy atom. The predicted molar refractivity (Wildman–Crippen MR) is 88.1 cm³/mol. The van der Waals surface area contributed by atoms with E-state index >= 15 is 0 Å². The molecule has 1 aliphatic heterocycles. The van der Waals surface area contributed by atoms with E-state index in [1.54, 1.807) is 0 Å². The van der Waals surface area contributed by atoms with Gasteiger partial charge >= 0.3 is 0 Å². The molecule has 0 spiro atoms. The predicted octanol–water partition coefficient (Wildman–Crippen LogP) is 2.67. The molecule has 2 heterocycles. The molecule has 1 aromatic heterocycles. The van der Waals surface area contributed by atoms with Crippen molar-refractivity contribution in [2.75, 3.05) is 13.2 Å². The summed E-state index contributed by atoms with van der Waals surface area (Å²) >= 11 is 0. The Bertz CT molecular complexity index is 661. The van der Waals surface area contributed by atoms with Gasteiger partial charge in [-0.05, 0) is 25.0 Å². The molecule has 5 heteroatoms. The third-order valence-corrected chi connectivity index (χ3v) is 5.07. The maximum Gasteiger partial charge on any atom is 0.223 e. The summed E-state index contributed by atoms with van der Waals surface area (Å²) in [5.74, 6) is 1.14. The van der Waals surface area contributed by atoms with Gasteiger partial charge in [-0.1, -0.05) is 25.0 Å². The van der Waals surface area contributed by atoms with Crippen molar-refractivity contribution in [3.8, 4) is 0 Å². The number of benzene rings is 1. The highest BCUT2D eigenvalue weighted by Gasteiger charge is 2.36. The van der Waals surface area contributed by atoms with E-state index in [9.17, 15) is 4.79 Å². The number of carbonyl (C=O) groups excluding carboxylic acids is 1. The molecule has 1 aromatic carbocycles. The Balaban J connectivity index is 1.40. The number of hydrogen-bond acceptors (Lipinski definition) is 3. The molecule has 122 valence electrons. The number of fused-ring (bicyclic) bond motifs is 2. The fourth-order valence-corrected chi connectivity index (χ4v) is 3.90. The first-order valence-electron chi connectivity index (χ1n) is 8.66. The number of rotatable bonds is 3. The summed E-state index contributed by atoms with van der Waals surface area (Å²) in [5.41, 5.74) is 2.00. The van der Waals surface area contributed by atoms with E-state index in [0.29, 0.717) is 25.5 Å². The van der Waals surface area contributed by atoms with Gasteiger partial charge in [0, 0.05) is 19.4 Å². The maximum absolute atomic E-state index is 12.7. The minimum atomic E-state index is 0.241. The lowest BCUT2D eigenvalue weighted by Gasteiger charge is -2.43. The quantitative estimate of drug-likeness (QED) is 0.948. The first-order chi connectivity index (χ1) is 11.3. The fourth-order valence-electron chi connectivity index (χ4n) is 3.90. The summed E-state index contributed by atoms with van der Waals surface area (Å²) in [6.45, 7) is 1.41. The molecule has 2 aromatic rings. The smallest absolute Gasteiger partial charge is 0.223 e. The van der Waals surface area contributed by atoms with Gasteiger partial charge in [0.2, 0.25) is 5.91 Å².